The van der Waals surface area contributed by atoms with Crippen LogP contribution in [0.1, 0.15) is 13.8 Å². The summed E-state index contributed by atoms with van der Waals surface area (Å²) in [7, 11) is 0. The van der Waals surface area contributed by atoms with Gasteiger partial charge in [-0.15, -0.1) is 0 Å². The maximum absolute atomic E-state index is 11.2. The Hall–Kier alpha value is -2.30. The van der Waals surface area contributed by atoms with Gasteiger partial charge in [-0.25, -0.2) is 4.79 Å². The van der Waals surface area contributed by atoms with E-state index in [0.29, 0.717) is 0 Å². The number of hydrogen-bond acceptors (Lipinski definition) is 5. The van der Waals surface area contributed by atoms with Crippen molar-refractivity contribution in [3.05, 3.63) is 30.4 Å². The van der Waals surface area contributed by atoms with Crippen LogP contribution in [0.2, 0.25) is 0 Å². The Morgan fingerprint density at radius 3 is 2.12 bits per heavy atom. The minimum absolute atomic E-state index is 0.0780. The van der Waals surface area contributed by atoms with Crippen LogP contribution in [-0.2, 0) is 9.59 Å². The summed E-state index contributed by atoms with van der Waals surface area (Å²) >= 11 is 0. The van der Waals surface area contributed by atoms with E-state index < -0.39 is 11.9 Å². The lowest BCUT2D eigenvalue weighted by Gasteiger charge is -2.07. The fourth-order valence-corrected chi connectivity index (χ4v) is 1.03. The van der Waals surface area contributed by atoms with Gasteiger partial charge in [0.25, 0.3) is 0 Å². The van der Waals surface area contributed by atoms with E-state index in [1.807, 2.05) is 0 Å². The van der Waals surface area contributed by atoms with Gasteiger partial charge in [-0.3, -0.25) is 4.79 Å². The molecule has 17 heavy (non-hydrogen) atoms. The minimum atomic E-state index is -0.621. The Kier molecular flexibility index (Phi) is 3.87. The van der Waals surface area contributed by atoms with Crippen LogP contribution in [-0.4, -0.2) is 17.0 Å². The number of phenolic OH excluding ortho intramolecular Hbond substituents is 1. The normalized spacial score (nSPS) is 9.53. The Bertz CT molecular complexity index is 476. The van der Waals surface area contributed by atoms with Crippen LogP contribution in [0.15, 0.2) is 30.4 Å². The Morgan fingerprint density at radius 1 is 1.12 bits per heavy atom. The molecule has 0 atom stereocenters. The molecule has 0 saturated heterocycles. The Balaban J connectivity index is 2.93. The van der Waals surface area contributed by atoms with Crippen molar-refractivity contribution >= 4 is 11.9 Å². The van der Waals surface area contributed by atoms with Crippen molar-refractivity contribution in [2.75, 3.05) is 0 Å². The second-order valence-electron chi connectivity index (χ2n) is 3.43. The number of ether oxygens (including phenoxy) is 2. The highest BCUT2D eigenvalue weighted by molar-refractivity contribution is 5.88. The molecule has 0 aliphatic carbocycles. The van der Waals surface area contributed by atoms with E-state index >= 15 is 0 Å². The number of hydrogen-bond donors (Lipinski definition) is 1. The van der Waals surface area contributed by atoms with Crippen LogP contribution in [0.3, 0.4) is 0 Å². The van der Waals surface area contributed by atoms with Crippen LogP contribution in [0.4, 0.5) is 0 Å². The summed E-state index contributed by atoms with van der Waals surface area (Å²) in [4.78, 5) is 22.0. The fourth-order valence-electron chi connectivity index (χ4n) is 1.03. The molecule has 90 valence electrons. The van der Waals surface area contributed by atoms with E-state index in [0.717, 1.165) is 0 Å². The molecule has 0 amide bonds. The average molecular weight is 236 g/mol. The molecule has 1 rings (SSSR count). The predicted molar refractivity (Wildman–Crippen MR) is 59.9 cm³/mol. The first-order chi connectivity index (χ1) is 7.88. The van der Waals surface area contributed by atoms with Gasteiger partial charge in [0.05, 0.1) is 0 Å². The lowest BCUT2D eigenvalue weighted by Crippen LogP contribution is -2.08. The standard InChI is InChI=1S/C12H12O5/c1-7(2)12(15)17-11-5-9(14)4-10(6-11)16-8(3)13/h4-6,14H,1H2,2-3H3. The maximum Gasteiger partial charge on any atom is 0.338 e. The first kappa shape index (κ1) is 12.8. The van der Waals surface area contributed by atoms with Gasteiger partial charge in [0.1, 0.15) is 17.2 Å². The molecule has 0 spiro atoms. The van der Waals surface area contributed by atoms with Gasteiger partial charge in [0.2, 0.25) is 0 Å². The molecule has 0 fully saturated rings. The summed E-state index contributed by atoms with van der Waals surface area (Å²) in [5.74, 6) is -1.15. The smallest absolute Gasteiger partial charge is 0.338 e. The first-order valence-corrected chi connectivity index (χ1v) is 4.78. The lowest BCUT2D eigenvalue weighted by atomic mass is 10.3. The maximum atomic E-state index is 11.2. The SMILES string of the molecule is C=C(C)C(=O)Oc1cc(O)cc(OC(C)=O)c1. The van der Waals surface area contributed by atoms with E-state index in [1.54, 1.807) is 0 Å². The lowest BCUT2D eigenvalue weighted by molar-refractivity contribution is -0.132. The van der Waals surface area contributed by atoms with E-state index in [9.17, 15) is 14.7 Å². The van der Waals surface area contributed by atoms with Crippen molar-refractivity contribution in [3.63, 3.8) is 0 Å². The third-order valence-corrected chi connectivity index (χ3v) is 1.69. The Morgan fingerprint density at radius 2 is 1.65 bits per heavy atom. The summed E-state index contributed by atoms with van der Waals surface area (Å²) in [5, 5.41) is 9.35. The highest BCUT2D eigenvalue weighted by Crippen LogP contribution is 2.27. The van der Waals surface area contributed by atoms with Crippen LogP contribution in [0.5, 0.6) is 17.2 Å². The summed E-state index contributed by atoms with van der Waals surface area (Å²) < 4.78 is 9.65. The molecule has 5 nitrogen and oxygen atoms in total. The molecule has 0 aliphatic heterocycles. The number of carbonyl (C=O) groups is 2. The second-order valence-corrected chi connectivity index (χ2v) is 3.43. The number of benzene rings is 1. The van der Waals surface area contributed by atoms with Crippen LogP contribution < -0.4 is 9.47 Å². The number of carbonyl (C=O) groups excluding carboxylic acids is 2. The van der Waals surface area contributed by atoms with Crippen LogP contribution in [0, 0.1) is 0 Å². The number of aromatic hydroxyl groups is 1. The summed E-state index contributed by atoms with van der Waals surface area (Å²) in [6, 6.07) is 3.79. The number of esters is 2. The number of rotatable bonds is 3. The van der Waals surface area contributed by atoms with E-state index in [1.165, 1.54) is 32.0 Å². The molecule has 0 bridgehead atoms. The molecular formula is C12H12O5. The van der Waals surface area contributed by atoms with Crippen molar-refractivity contribution in [2.24, 2.45) is 0 Å². The van der Waals surface area contributed by atoms with E-state index in [-0.39, 0.29) is 22.8 Å². The molecule has 0 heterocycles. The molecule has 0 saturated carbocycles. The van der Waals surface area contributed by atoms with Gasteiger partial charge in [-0.2, -0.15) is 0 Å². The molecule has 1 N–H and O–H groups in total. The third-order valence-electron chi connectivity index (χ3n) is 1.69. The van der Waals surface area contributed by atoms with Crippen LogP contribution >= 0.6 is 0 Å². The predicted octanol–water partition coefficient (Wildman–Crippen LogP) is 1.80. The quantitative estimate of drug-likeness (QED) is 0.492. The van der Waals surface area contributed by atoms with Crippen molar-refractivity contribution in [1.82, 2.24) is 0 Å². The first-order valence-electron chi connectivity index (χ1n) is 4.78. The summed E-state index contributed by atoms with van der Waals surface area (Å²) in [6.07, 6.45) is 0. The summed E-state index contributed by atoms with van der Waals surface area (Å²) in [6.45, 7) is 6.15. The average Bonchev–Trinajstić information content (AvgIpc) is 2.14. The van der Waals surface area contributed by atoms with Gasteiger partial charge < -0.3 is 14.6 Å². The van der Waals surface area contributed by atoms with Crippen LogP contribution in [0.25, 0.3) is 0 Å². The highest BCUT2D eigenvalue weighted by atomic mass is 16.5. The largest absolute Gasteiger partial charge is 0.508 e. The van der Waals surface area contributed by atoms with E-state index in [2.05, 4.69) is 6.58 Å². The van der Waals surface area contributed by atoms with Crippen molar-refractivity contribution in [1.29, 1.82) is 0 Å². The summed E-state index contributed by atoms with van der Waals surface area (Å²) in [5.41, 5.74) is 0.224. The highest BCUT2D eigenvalue weighted by Gasteiger charge is 2.09. The zero-order valence-electron chi connectivity index (χ0n) is 9.52. The monoisotopic (exact) mass is 236 g/mol. The van der Waals surface area contributed by atoms with Gasteiger partial charge >= 0.3 is 11.9 Å². The van der Waals surface area contributed by atoms with E-state index in [4.69, 9.17) is 9.47 Å². The molecular weight excluding hydrogens is 224 g/mol. The molecule has 1 aromatic rings. The molecule has 0 unspecified atom stereocenters. The molecule has 0 aromatic heterocycles. The van der Waals surface area contributed by atoms with Gasteiger partial charge in [0, 0.05) is 30.7 Å². The van der Waals surface area contributed by atoms with Gasteiger partial charge in [-0.1, -0.05) is 6.58 Å². The van der Waals surface area contributed by atoms with Crippen molar-refractivity contribution in [2.45, 2.75) is 13.8 Å². The van der Waals surface area contributed by atoms with Gasteiger partial charge in [0.15, 0.2) is 0 Å². The minimum Gasteiger partial charge on any atom is -0.508 e. The molecule has 0 aliphatic rings. The zero-order chi connectivity index (χ0) is 13.0. The topological polar surface area (TPSA) is 72.8 Å². The molecule has 0 radical (unpaired) electrons. The van der Waals surface area contributed by atoms with Gasteiger partial charge in [-0.05, 0) is 6.92 Å². The van der Waals surface area contributed by atoms with Crippen molar-refractivity contribution < 1.29 is 24.2 Å². The second kappa shape index (κ2) is 5.16. The third kappa shape index (κ3) is 3.98. The molecule has 1 aromatic carbocycles. The Labute approximate surface area is 98.3 Å². The molecule has 5 heteroatoms. The zero-order valence-corrected chi connectivity index (χ0v) is 9.52. The fraction of sp³-hybridized carbons (Fsp3) is 0.167. The van der Waals surface area contributed by atoms with Crippen molar-refractivity contribution in [3.8, 4) is 17.2 Å². The number of phenols is 1.